The van der Waals surface area contributed by atoms with Crippen molar-refractivity contribution in [3.63, 3.8) is 0 Å². The highest BCUT2D eigenvalue weighted by atomic mass is 79.9. The standard InChI is InChI=1S/C15H19BBrClO2/c1-14(2)15(3,4)20-16(19-14)10-7-11(17)13(9-5-6-9)12(18)8-10/h7-9H,5-6H2,1-4H3. The van der Waals surface area contributed by atoms with E-state index in [1.807, 2.05) is 6.07 Å². The van der Waals surface area contributed by atoms with Crippen molar-refractivity contribution in [3.05, 3.63) is 27.2 Å². The summed E-state index contributed by atoms with van der Waals surface area (Å²) in [6, 6.07) is 4.07. The zero-order valence-electron chi connectivity index (χ0n) is 12.3. The van der Waals surface area contributed by atoms with Gasteiger partial charge in [0.2, 0.25) is 0 Å². The first-order valence-electron chi connectivity index (χ1n) is 7.06. The van der Waals surface area contributed by atoms with Gasteiger partial charge in [0.25, 0.3) is 0 Å². The van der Waals surface area contributed by atoms with Crippen molar-refractivity contribution in [1.82, 2.24) is 0 Å². The Morgan fingerprint density at radius 1 is 1.15 bits per heavy atom. The first kappa shape index (κ1) is 14.9. The van der Waals surface area contributed by atoms with Crippen LogP contribution in [-0.2, 0) is 9.31 Å². The molecular formula is C15H19BBrClO2. The molecule has 0 aromatic heterocycles. The largest absolute Gasteiger partial charge is 0.494 e. The van der Waals surface area contributed by atoms with Gasteiger partial charge in [-0.3, -0.25) is 0 Å². The van der Waals surface area contributed by atoms with E-state index in [-0.39, 0.29) is 18.3 Å². The number of halogens is 2. The molecule has 1 saturated heterocycles. The highest BCUT2D eigenvalue weighted by Gasteiger charge is 2.51. The lowest BCUT2D eigenvalue weighted by Gasteiger charge is -2.32. The molecule has 0 amide bonds. The summed E-state index contributed by atoms with van der Waals surface area (Å²) in [7, 11) is -0.359. The lowest BCUT2D eigenvalue weighted by Crippen LogP contribution is -2.41. The molecule has 20 heavy (non-hydrogen) atoms. The van der Waals surface area contributed by atoms with Crippen molar-refractivity contribution >= 4 is 40.1 Å². The van der Waals surface area contributed by atoms with Crippen LogP contribution in [0, 0.1) is 0 Å². The summed E-state index contributed by atoms with van der Waals surface area (Å²) in [5, 5.41) is 0.812. The van der Waals surface area contributed by atoms with E-state index in [2.05, 4.69) is 49.7 Å². The predicted molar refractivity (Wildman–Crippen MR) is 86.8 cm³/mol. The normalized spacial score (nSPS) is 24.2. The van der Waals surface area contributed by atoms with Crippen molar-refractivity contribution in [3.8, 4) is 0 Å². The van der Waals surface area contributed by atoms with Gasteiger partial charge in [-0.2, -0.15) is 0 Å². The Morgan fingerprint density at radius 3 is 2.15 bits per heavy atom. The molecule has 0 radical (unpaired) electrons. The molecule has 2 fully saturated rings. The van der Waals surface area contributed by atoms with Crippen LogP contribution >= 0.6 is 27.5 Å². The van der Waals surface area contributed by atoms with Crippen molar-refractivity contribution < 1.29 is 9.31 Å². The number of rotatable bonds is 2. The first-order valence-corrected chi connectivity index (χ1v) is 8.23. The van der Waals surface area contributed by atoms with Gasteiger partial charge in [-0.25, -0.2) is 0 Å². The number of benzene rings is 1. The van der Waals surface area contributed by atoms with Crippen LogP contribution in [0.1, 0.15) is 52.0 Å². The molecule has 1 aliphatic carbocycles. The fourth-order valence-electron chi connectivity index (χ4n) is 2.48. The fraction of sp³-hybridized carbons (Fsp3) is 0.600. The zero-order chi connectivity index (χ0) is 14.7. The van der Waals surface area contributed by atoms with Crippen LogP contribution in [0.2, 0.25) is 5.02 Å². The van der Waals surface area contributed by atoms with Crippen LogP contribution in [-0.4, -0.2) is 18.3 Å². The summed E-state index contributed by atoms with van der Waals surface area (Å²) in [6.07, 6.45) is 2.46. The van der Waals surface area contributed by atoms with Crippen LogP contribution in [0.4, 0.5) is 0 Å². The molecule has 3 rings (SSSR count). The van der Waals surface area contributed by atoms with Gasteiger partial charge in [0.1, 0.15) is 0 Å². The van der Waals surface area contributed by atoms with E-state index in [1.54, 1.807) is 0 Å². The smallest absolute Gasteiger partial charge is 0.399 e. The van der Waals surface area contributed by atoms with Crippen molar-refractivity contribution in [2.45, 2.75) is 57.7 Å². The van der Waals surface area contributed by atoms with E-state index in [4.69, 9.17) is 20.9 Å². The Kier molecular flexibility index (Phi) is 3.53. The topological polar surface area (TPSA) is 18.5 Å². The average Bonchev–Trinajstić information content (AvgIpc) is 3.07. The molecule has 1 saturated carbocycles. The average molecular weight is 357 g/mol. The molecule has 0 unspecified atom stereocenters. The molecular weight excluding hydrogens is 338 g/mol. The third kappa shape index (κ3) is 2.45. The summed E-state index contributed by atoms with van der Waals surface area (Å²) < 4.78 is 13.2. The Bertz CT molecular complexity index is 516. The van der Waals surface area contributed by atoms with Gasteiger partial charge < -0.3 is 9.31 Å². The fourth-order valence-corrected chi connectivity index (χ4v) is 3.78. The van der Waals surface area contributed by atoms with Gasteiger partial charge in [0.15, 0.2) is 0 Å². The molecule has 0 spiro atoms. The molecule has 2 nitrogen and oxygen atoms in total. The molecule has 1 heterocycles. The van der Waals surface area contributed by atoms with Crippen LogP contribution in [0.25, 0.3) is 0 Å². The molecule has 1 aliphatic heterocycles. The molecule has 1 aromatic rings. The van der Waals surface area contributed by atoms with Crippen LogP contribution in [0.3, 0.4) is 0 Å². The van der Waals surface area contributed by atoms with Gasteiger partial charge in [0, 0.05) is 9.50 Å². The van der Waals surface area contributed by atoms with Gasteiger partial charge >= 0.3 is 7.12 Å². The monoisotopic (exact) mass is 356 g/mol. The molecule has 0 bridgehead atoms. The predicted octanol–water partition coefficient (Wildman–Crippen LogP) is 4.28. The molecule has 5 heteroatoms. The first-order chi connectivity index (χ1) is 9.21. The van der Waals surface area contributed by atoms with Crippen molar-refractivity contribution in [2.24, 2.45) is 0 Å². The molecule has 108 valence electrons. The van der Waals surface area contributed by atoms with Gasteiger partial charge in [-0.1, -0.05) is 27.5 Å². The summed E-state index contributed by atoms with van der Waals surface area (Å²) in [5.41, 5.74) is 1.55. The highest BCUT2D eigenvalue weighted by molar-refractivity contribution is 9.10. The van der Waals surface area contributed by atoms with E-state index in [1.165, 1.54) is 18.4 Å². The third-order valence-electron chi connectivity index (χ3n) is 4.61. The SMILES string of the molecule is CC1(C)OB(c2cc(Cl)c(C3CC3)c(Br)c2)OC1(C)C. The lowest BCUT2D eigenvalue weighted by molar-refractivity contribution is 0.00578. The minimum Gasteiger partial charge on any atom is -0.399 e. The third-order valence-corrected chi connectivity index (χ3v) is 5.58. The van der Waals surface area contributed by atoms with Crippen LogP contribution in [0.15, 0.2) is 16.6 Å². The number of hydrogen-bond acceptors (Lipinski definition) is 2. The summed E-state index contributed by atoms with van der Waals surface area (Å²) in [6.45, 7) is 8.23. The Morgan fingerprint density at radius 2 is 1.70 bits per heavy atom. The zero-order valence-corrected chi connectivity index (χ0v) is 14.6. The maximum atomic E-state index is 6.45. The summed E-state index contributed by atoms with van der Waals surface area (Å²) in [5.74, 6) is 0.615. The summed E-state index contributed by atoms with van der Waals surface area (Å²) >= 11 is 10.1. The van der Waals surface area contributed by atoms with Gasteiger partial charge in [-0.05, 0) is 69.6 Å². The minimum atomic E-state index is -0.359. The Hall–Kier alpha value is -0.0251. The van der Waals surface area contributed by atoms with Crippen molar-refractivity contribution in [2.75, 3.05) is 0 Å². The second-order valence-electron chi connectivity index (χ2n) is 6.76. The summed E-state index contributed by atoms with van der Waals surface area (Å²) in [4.78, 5) is 0. The highest BCUT2D eigenvalue weighted by Crippen LogP contribution is 2.46. The van der Waals surface area contributed by atoms with Gasteiger partial charge in [-0.15, -0.1) is 0 Å². The van der Waals surface area contributed by atoms with E-state index < -0.39 is 0 Å². The molecule has 0 N–H and O–H groups in total. The van der Waals surface area contributed by atoms with E-state index in [0.717, 1.165) is 15.0 Å². The van der Waals surface area contributed by atoms with Crippen molar-refractivity contribution in [1.29, 1.82) is 0 Å². The second kappa shape index (κ2) is 4.74. The van der Waals surface area contributed by atoms with Crippen LogP contribution in [0.5, 0.6) is 0 Å². The molecule has 2 aliphatic rings. The van der Waals surface area contributed by atoms with E-state index in [9.17, 15) is 0 Å². The Balaban J connectivity index is 1.93. The van der Waals surface area contributed by atoms with E-state index in [0.29, 0.717) is 5.92 Å². The quantitative estimate of drug-likeness (QED) is 0.736. The Labute approximate surface area is 134 Å². The van der Waals surface area contributed by atoms with E-state index >= 15 is 0 Å². The van der Waals surface area contributed by atoms with Crippen LogP contribution < -0.4 is 5.46 Å². The maximum Gasteiger partial charge on any atom is 0.494 e. The molecule has 1 aromatic carbocycles. The number of hydrogen-bond donors (Lipinski definition) is 0. The lowest BCUT2D eigenvalue weighted by atomic mass is 9.78. The molecule has 0 atom stereocenters. The minimum absolute atomic E-state index is 0.328. The maximum absolute atomic E-state index is 6.45. The second-order valence-corrected chi connectivity index (χ2v) is 8.02. The van der Waals surface area contributed by atoms with Gasteiger partial charge in [0.05, 0.1) is 11.2 Å².